The molecular formula is C13H19BrN2O2S. The first-order valence-electron chi connectivity index (χ1n) is 6.22. The summed E-state index contributed by atoms with van der Waals surface area (Å²) in [6.45, 7) is 5.84. The standard InChI is InChI=1S/C13H19BrN2O2S/c1-4-16(5-2)12(18)9-15(3)8-11(17)13-10(14)6-7-19-13/h6-7H,4-5,8-9H2,1-3H3. The first-order chi connectivity index (χ1) is 8.99. The molecule has 0 aliphatic rings. The first-order valence-corrected chi connectivity index (χ1v) is 7.89. The summed E-state index contributed by atoms with van der Waals surface area (Å²) in [6.07, 6.45) is 0. The van der Waals surface area contributed by atoms with Crippen molar-refractivity contribution in [3.05, 3.63) is 20.8 Å². The van der Waals surface area contributed by atoms with Gasteiger partial charge in [-0.15, -0.1) is 11.3 Å². The Morgan fingerprint density at radius 3 is 2.37 bits per heavy atom. The highest BCUT2D eigenvalue weighted by atomic mass is 79.9. The summed E-state index contributed by atoms with van der Waals surface area (Å²) in [5.41, 5.74) is 0. The highest BCUT2D eigenvalue weighted by Crippen LogP contribution is 2.23. The van der Waals surface area contributed by atoms with E-state index in [1.807, 2.05) is 25.3 Å². The van der Waals surface area contributed by atoms with Crippen LogP contribution in [0.1, 0.15) is 23.5 Å². The van der Waals surface area contributed by atoms with E-state index in [1.54, 1.807) is 16.8 Å². The molecule has 0 fully saturated rings. The molecule has 0 saturated carbocycles. The molecule has 0 unspecified atom stereocenters. The van der Waals surface area contributed by atoms with Crippen molar-refractivity contribution in [1.82, 2.24) is 9.80 Å². The lowest BCUT2D eigenvalue weighted by Gasteiger charge is -2.22. The van der Waals surface area contributed by atoms with Crippen molar-refractivity contribution in [1.29, 1.82) is 0 Å². The van der Waals surface area contributed by atoms with E-state index in [4.69, 9.17) is 0 Å². The zero-order valence-electron chi connectivity index (χ0n) is 11.5. The van der Waals surface area contributed by atoms with E-state index in [9.17, 15) is 9.59 Å². The molecule has 4 nitrogen and oxygen atoms in total. The minimum atomic E-state index is 0.0386. The van der Waals surface area contributed by atoms with Gasteiger partial charge in [0.25, 0.3) is 0 Å². The number of thiophene rings is 1. The molecule has 0 bridgehead atoms. The summed E-state index contributed by atoms with van der Waals surface area (Å²) in [5, 5.41) is 1.87. The number of likely N-dealkylation sites (N-methyl/N-ethyl adjacent to an activating group) is 2. The van der Waals surface area contributed by atoms with Gasteiger partial charge in [-0.25, -0.2) is 0 Å². The third-order valence-electron chi connectivity index (χ3n) is 2.81. The molecule has 106 valence electrons. The maximum absolute atomic E-state index is 12.0. The van der Waals surface area contributed by atoms with Crippen LogP contribution in [0.15, 0.2) is 15.9 Å². The number of amides is 1. The van der Waals surface area contributed by atoms with Crippen LogP contribution in [-0.2, 0) is 4.79 Å². The van der Waals surface area contributed by atoms with Crippen LogP contribution in [0, 0.1) is 0 Å². The summed E-state index contributed by atoms with van der Waals surface area (Å²) in [6, 6.07) is 1.86. The van der Waals surface area contributed by atoms with Crippen LogP contribution in [0.3, 0.4) is 0 Å². The number of carbonyl (C=O) groups excluding carboxylic acids is 2. The lowest BCUT2D eigenvalue weighted by atomic mass is 10.3. The summed E-state index contributed by atoms with van der Waals surface area (Å²) in [5.74, 6) is 0.0993. The minimum absolute atomic E-state index is 0.0386. The molecule has 19 heavy (non-hydrogen) atoms. The fourth-order valence-electron chi connectivity index (χ4n) is 1.77. The highest BCUT2D eigenvalue weighted by Gasteiger charge is 2.17. The second kappa shape index (κ2) is 7.77. The van der Waals surface area contributed by atoms with Crippen LogP contribution in [0.4, 0.5) is 0 Å². The van der Waals surface area contributed by atoms with Crippen LogP contribution < -0.4 is 0 Å². The van der Waals surface area contributed by atoms with Crippen LogP contribution >= 0.6 is 27.3 Å². The smallest absolute Gasteiger partial charge is 0.236 e. The maximum atomic E-state index is 12.0. The molecule has 0 saturated heterocycles. The lowest BCUT2D eigenvalue weighted by Crippen LogP contribution is -2.40. The number of Topliss-reactive ketones (excluding diaryl/α,β-unsaturated/α-hetero) is 1. The molecular weight excluding hydrogens is 328 g/mol. The molecule has 1 heterocycles. The summed E-state index contributed by atoms with van der Waals surface area (Å²) >= 11 is 4.76. The monoisotopic (exact) mass is 346 g/mol. The van der Waals surface area contributed by atoms with Crippen molar-refractivity contribution in [3.8, 4) is 0 Å². The van der Waals surface area contributed by atoms with Gasteiger partial charge in [0, 0.05) is 17.6 Å². The van der Waals surface area contributed by atoms with Crippen LogP contribution in [0.2, 0.25) is 0 Å². The molecule has 0 aromatic carbocycles. The van der Waals surface area contributed by atoms with Gasteiger partial charge in [-0.3, -0.25) is 14.5 Å². The summed E-state index contributed by atoms with van der Waals surface area (Å²) < 4.78 is 0.825. The SMILES string of the molecule is CCN(CC)C(=O)CN(C)CC(=O)c1sccc1Br. The molecule has 0 aliphatic carbocycles. The molecule has 1 aromatic heterocycles. The highest BCUT2D eigenvalue weighted by molar-refractivity contribution is 9.10. The largest absolute Gasteiger partial charge is 0.342 e. The van der Waals surface area contributed by atoms with E-state index in [0.29, 0.717) is 18.0 Å². The number of nitrogens with zero attached hydrogens (tertiary/aromatic N) is 2. The Kier molecular flexibility index (Phi) is 6.68. The maximum Gasteiger partial charge on any atom is 0.236 e. The van der Waals surface area contributed by atoms with Crippen molar-refractivity contribution in [3.63, 3.8) is 0 Å². The molecule has 6 heteroatoms. The fraction of sp³-hybridized carbons (Fsp3) is 0.538. The van der Waals surface area contributed by atoms with Gasteiger partial charge in [0.1, 0.15) is 0 Å². The predicted molar refractivity (Wildman–Crippen MR) is 81.8 cm³/mol. The van der Waals surface area contributed by atoms with E-state index < -0.39 is 0 Å². The van der Waals surface area contributed by atoms with Crippen LogP contribution in [0.25, 0.3) is 0 Å². The average Bonchev–Trinajstić information content (AvgIpc) is 2.76. The molecule has 0 aliphatic heterocycles. The minimum Gasteiger partial charge on any atom is -0.342 e. The number of hydrogen-bond donors (Lipinski definition) is 0. The Morgan fingerprint density at radius 1 is 1.26 bits per heavy atom. The summed E-state index contributed by atoms with van der Waals surface area (Å²) in [4.78, 5) is 28.2. The Bertz CT molecular complexity index is 444. The first kappa shape index (κ1) is 16.3. The number of rotatable bonds is 7. The molecule has 0 spiro atoms. The Morgan fingerprint density at radius 2 is 1.89 bits per heavy atom. The number of carbonyl (C=O) groups is 2. The second-order valence-corrected chi connectivity index (χ2v) is 6.03. The Labute approximate surface area is 126 Å². The van der Waals surface area contributed by atoms with E-state index in [2.05, 4.69) is 15.9 Å². The molecule has 0 radical (unpaired) electrons. The van der Waals surface area contributed by atoms with E-state index >= 15 is 0 Å². The zero-order chi connectivity index (χ0) is 14.4. The Balaban J connectivity index is 2.52. The van der Waals surface area contributed by atoms with Crippen molar-refractivity contribution in [2.75, 3.05) is 33.2 Å². The molecule has 1 aromatic rings. The molecule has 1 rings (SSSR count). The van der Waals surface area contributed by atoms with Crippen LogP contribution in [-0.4, -0.2) is 54.7 Å². The predicted octanol–water partition coefficient (Wildman–Crippen LogP) is 2.49. The van der Waals surface area contributed by atoms with E-state index in [-0.39, 0.29) is 24.8 Å². The zero-order valence-corrected chi connectivity index (χ0v) is 13.9. The fourth-order valence-corrected chi connectivity index (χ4v) is 3.30. The third-order valence-corrected chi connectivity index (χ3v) is 4.68. The number of hydrogen-bond acceptors (Lipinski definition) is 4. The van der Waals surface area contributed by atoms with Gasteiger partial charge < -0.3 is 4.90 Å². The molecule has 0 N–H and O–H groups in total. The van der Waals surface area contributed by atoms with Gasteiger partial charge in [-0.1, -0.05) is 0 Å². The van der Waals surface area contributed by atoms with E-state index in [1.165, 1.54) is 11.3 Å². The number of ketones is 1. The van der Waals surface area contributed by atoms with Gasteiger partial charge >= 0.3 is 0 Å². The quantitative estimate of drug-likeness (QED) is 0.712. The summed E-state index contributed by atoms with van der Waals surface area (Å²) in [7, 11) is 1.79. The normalized spacial score (nSPS) is 10.8. The van der Waals surface area contributed by atoms with Gasteiger partial charge in [-0.2, -0.15) is 0 Å². The molecule has 0 atom stereocenters. The van der Waals surface area contributed by atoms with Crippen molar-refractivity contribution in [2.24, 2.45) is 0 Å². The van der Waals surface area contributed by atoms with Crippen LogP contribution in [0.5, 0.6) is 0 Å². The lowest BCUT2D eigenvalue weighted by molar-refractivity contribution is -0.131. The van der Waals surface area contributed by atoms with Gasteiger partial charge in [0.2, 0.25) is 5.91 Å². The number of halogens is 1. The average molecular weight is 347 g/mol. The van der Waals surface area contributed by atoms with Gasteiger partial charge in [0.05, 0.1) is 18.0 Å². The topological polar surface area (TPSA) is 40.6 Å². The van der Waals surface area contributed by atoms with Gasteiger partial charge in [-0.05, 0) is 48.3 Å². The molecule has 1 amide bonds. The second-order valence-electron chi connectivity index (χ2n) is 4.26. The Hall–Kier alpha value is -0.720. The van der Waals surface area contributed by atoms with Gasteiger partial charge in [0.15, 0.2) is 5.78 Å². The van der Waals surface area contributed by atoms with Crippen molar-refractivity contribution >= 4 is 39.0 Å². The third kappa shape index (κ3) is 4.71. The van der Waals surface area contributed by atoms with E-state index in [0.717, 1.165) is 4.47 Å². The van der Waals surface area contributed by atoms with Crippen molar-refractivity contribution < 1.29 is 9.59 Å². The van der Waals surface area contributed by atoms with Crippen molar-refractivity contribution in [2.45, 2.75) is 13.8 Å².